The van der Waals surface area contributed by atoms with Crippen LogP contribution < -0.4 is 0 Å². The van der Waals surface area contributed by atoms with Crippen molar-refractivity contribution in [3.8, 4) is 0 Å². The topological polar surface area (TPSA) is 55.5 Å². The van der Waals surface area contributed by atoms with E-state index >= 15 is 0 Å². The number of imidazole rings is 1. The smallest absolute Gasteiger partial charge is 0.194 e. The maximum Gasteiger partial charge on any atom is 0.194 e. The predicted molar refractivity (Wildman–Crippen MR) is 83.8 cm³/mol. The summed E-state index contributed by atoms with van der Waals surface area (Å²) >= 11 is 1.67. The highest BCUT2D eigenvalue weighted by molar-refractivity contribution is 7.15. The molecule has 1 aliphatic heterocycles. The Morgan fingerprint density at radius 1 is 1.41 bits per heavy atom. The van der Waals surface area contributed by atoms with Crippen LogP contribution in [0.5, 0.6) is 0 Å². The fourth-order valence-corrected chi connectivity index (χ4v) is 3.62. The van der Waals surface area contributed by atoms with E-state index in [9.17, 15) is 0 Å². The van der Waals surface area contributed by atoms with Crippen LogP contribution >= 0.6 is 11.3 Å². The van der Waals surface area contributed by atoms with Crippen LogP contribution in [0.25, 0.3) is 4.96 Å². The molecule has 0 spiro atoms. The van der Waals surface area contributed by atoms with Crippen LogP contribution in [-0.2, 0) is 11.3 Å². The minimum atomic E-state index is -0.00589. The average Bonchev–Trinajstić information content (AvgIpc) is 3.11. The van der Waals surface area contributed by atoms with E-state index in [4.69, 9.17) is 4.74 Å². The number of ether oxygens (including phenoxy) is 1. The number of aromatic nitrogens is 4. The monoisotopic (exact) mass is 315 g/mol. The molecule has 0 N–H and O–H groups in total. The molecule has 1 atom stereocenters. The molecule has 1 fully saturated rings. The standard InChI is InChI=1S/C15H17N5OS/c1-11-13(20-5-7-22-15(20)18-11)9-19-4-6-21-14(10-19)12-8-16-2-3-17-12/h2-3,5,7-8,14H,4,6,9-10H2,1H3. The Labute approximate surface area is 132 Å². The molecule has 114 valence electrons. The Morgan fingerprint density at radius 2 is 2.36 bits per heavy atom. The normalized spacial score (nSPS) is 19.8. The van der Waals surface area contributed by atoms with Crippen molar-refractivity contribution >= 4 is 16.3 Å². The second-order valence-electron chi connectivity index (χ2n) is 5.42. The molecule has 3 aromatic heterocycles. The summed E-state index contributed by atoms with van der Waals surface area (Å²) in [7, 11) is 0. The molecule has 1 saturated heterocycles. The lowest BCUT2D eigenvalue weighted by Gasteiger charge is -2.32. The lowest BCUT2D eigenvalue weighted by molar-refractivity contribution is -0.0356. The second kappa shape index (κ2) is 5.75. The van der Waals surface area contributed by atoms with Gasteiger partial charge in [-0.15, -0.1) is 11.3 Å². The number of morpholine rings is 1. The Morgan fingerprint density at radius 3 is 3.23 bits per heavy atom. The lowest BCUT2D eigenvalue weighted by Crippen LogP contribution is -2.38. The summed E-state index contributed by atoms with van der Waals surface area (Å²) in [5, 5.41) is 2.08. The van der Waals surface area contributed by atoms with E-state index < -0.39 is 0 Å². The first-order valence-electron chi connectivity index (χ1n) is 7.32. The summed E-state index contributed by atoms with van der Waals surface area (Å²) in [5.74, 6) is 0. The van der Waals surface area contributed by atoms with E-state index in [2.05, 4.69) is 42.8 Å². The van der Waals surface area contributed by atoms with Crippen molar-refractivity contribution in [2.75, 3.05) is 19.7 Å². The third kappa shape index (κ3) is 2.51. The van der Waals surface area contributed by atoms with Gasteiger partial charge in [0.05, 0.1) is 29.9 Å². The van der Waals surface area contributed by atoms with Crippen molar-refractivity contribution in [1.29, 1.82) is 0 Å². The summed E-state index contributed by atoms with van der Waals surface area (Å²) in [4.78, 5) is 16.6. The van der Waals surface area contributed by atoms with Crippen molar-refractivity contribution < 1.29 is 4.74 Å². The highest BCUT2D eigenvalue weighted by atomic mass is 32.1. The zero-order valence-electron chi connectivity index (χ0n) is 12.3. The Hall–Kier alpha value is -1.83. The number of fused-ring (bicyclic) bond motifs is 1. The van der Waals surface area contributed by atoms with Crippen LogP contribution in [0.3, 0.4) is 0 Å². The third-order valence-corrected chi connectivity index (χ3v) is 4.75. The molecule has 0 amide bonds. The number of hydrogen-bond donors (Lipinski definition) is 0. The molecule has 4 heterocycles. The van der Waals surface area contributed by atoms with Crippen LogP contribution in [0, 0.1) is 6.92 Å². The molecule has 4 rings (SSSR count). The summed E-state index contributed by atoms with van der Waals surface area (Å²) in [5.41, 5.74) is 3.27. The van der Waals surface area contributed by atoms with Gasteiger partial charge < -0.3 is 4.74 Å². The largest absolute Gasteiger partial charge is 0.369 e. The molecule has 0 bridgehead atoms. The number of aryl methyl sites for hydroxylation is 1. The first kappa shape index (κ1) is 13.8. The first-order valence-corrected chi connectivity index (χ1v) is 8.20. The highest BCUT2D eigenvalue weighted by Gasteiger charge is 2.24. The highest BCUT2D eigenvalue weighted by Crippen LogP contribution is 2.23. The van der Waals surface area contributed by atoms with Gasteiger partial charge in [-0.25, -0.2) is 4.98 Å². The first-order chi connectivity index (χ1) is 10.8. The molecule has 0 radical (unpaired) electrons. The van der Waals surface area contributed by atoms with Gasteiger partial charge in [-0.05, 0) is 6.92 Å². The van der Waals surface area contributed by atoms with Crippen LogP contribution in [-0.4, -0.2) is 43.9 Å². The maximum atomic E-state index is 5.85. The van der Waals surface area contributed by atoms with E-state index in [1.165, 1.54) is 5.69 Å². The van der Waals surface area contributed by atoms with Crippen molar-refractivity contribution in [2.45, 2.75) is 19.6 Å². The molecule has 7 heteroatoms. The number of hydrogen-bond acceptors (Lipinski definition) is 6. The molecule has 1 aliphatic rings. The van der Waals surface area contributed by atoms with Gasteiger partial charge in [0.25, 0.3) is 0 Å². The SMILES string of the molecule is Cc1nc2sccn2c1CN1CCOC(c2cnccn2)C1. The number of rotatable bonds is 3. The van der Waals surface area contributed by atoms with Crippen molar-refractivity contribution in [3.63, 3.8) is 0 Å². The molecule has 1 unspecified atom stereocenters. The summed E-state index contributed by atoms with van der Waals surface area (Å²) < 4.78 is 8.04. The summed E-state index contributed by atoms with van der Waals surface area (Å²) in [6.07, 6.45) is 7.28. The zero-order valence-corrected chi connectivity index (χ0v) is 13.2. The number of thiazole rings is 1. The third-order valence-electron chi connectivity index (χ3n) is 4.00. The summed E-state index contributed by atoms with van der Waals surface area (Å²) in [6.45, 7) is 5.43. The van der Waals surface area contributed by atoms with Crippen molar-refractivity contribution in [3.05, 3.63) is 47.2 Å². The maximum absolute atomic E-state index is 5.85. The predicted octanol–water partition coefficient (Wildman–Crippen LogP) is 2.07. The lowest BCUT2D eigenvalue weighted by atomic mass is 10.2. The minimum absolute atomic E-state index is 0.00589. The quantitative estimate of drug-likeness (QED) is 0.740. The van der Waals surface area contributed by atoms with Gasteiger partial charge in [-0.2, -0.15) is 0 Å². The van der Waals surface area contributed by atoms with Gasteiger partial charge >= 0.3 is 0 Å². The molecule has 3 aromatic rings. The Kier molecular flexibility index (Phi) is 3.61. The average molecular weight is 315 g/mol. The minimum Gasteiger partial charge on any atom is -0.369 e. The van der Waals surface area contributed by atoms with Crippen molar-refractivity contribution in [1.82, 2.24) is 24.3 Å². The molecular formula is C15H17N5OS. The van der Waals surface area contributed by atoms with Gasteiger partial charge in [0.1, 0.15) is 6.10 Å². The molecule has 0 saturated carbocycles. The molecule has 22 heavy (non-hydrogen) atoms. The van der Waals surface area contributed by atoms with Gasteiger partial charge in [0.15, 0.2) is 4.96 Å². The molecule has 0 aliphatic carbocycles. The van der Waals surface area contributed by atoms with Crippen LogP contribution in [0.1, 0.15) is 23.2 Å². The van der Waals surface area contributed by atoms with Gasteiger partial charge in [0, 0.05) is 43.6 Å². The zero-order chi connectivity index (χ0) is 14.9. The van der Waals surface area contributed by atoms with Crippen molar-refractivity contribution in [2.24, 2.45) is 0 Å². The fourth-order valence-electron chi connectivity index (χ4n) is 2.85. The van der Waals surface area contributed by atoms with Crippen LogP contribution in [0.15, 0.2) is 30.2 Å². The van der Waals surface area contributed by atoms with E-state index in [-0.39, 0.29) is 6.10 Å². The van der Waals surface area contributed by atoms with E-state index in [1.807, 2.05) is 0 Å². The molecule has 0 aromatic carbocycles. The van der Waals surface area contributed by atoms with E-state index in [0.717, 1.165) is 36.0 Å². The van der Waals surface area contributed by atoms with E-state index in [1.54, 1.807) is 29.9 Å². The fraction of sp³-hybridized carbons (Fsp3) is 0.400. The Bertz CT molecular complexity index is 769. The second-order valence-corrected chi connectivity index (χ2v) is 6.30. The summed E-state index contributed by atoms with van der Waals surface area (Å²) in [6, 6.07) is 0. The van der Waals surface area contributed by atoms with Crippen LogP contribution in [0.4, 0.5) is 0 Å². The number of nitrogens with zero attached hydrogens (tertiary/aromatic N) is 5. The van der Waals surface area contributed by atoms with Gasteiger partial charge in [0.2, 0.25) is 0 Å². The molecular weight excluding hydrogens is 298 g/mol. The van der Waals surface area contributed by atoms with E-state index in [0.29, 0.717) is 6.61 Å². The van der Waals surface area contributed by atoms with Gasteiger partial charge in [-0.3, -0.25) is 19.3 Å². The molecule has 6 nitrogen and oxygen atoms in total. The van der Waals surface area contributed by atoms with Crippen LogP contribution in [0.2, 0.25) is 0 Å². The van der Waals surface area contributed by atoms with Gasteiger partial charge in [-0.1, -0.05) is 0 Å². The Balaban J connectivity index is 1.53.